The molecule has 2 aliphatic heterocycles. The molecule has 0 bridgehead atoms. The molecule has 144 valence electrons. The second-order valence-corrected chi connectivity index (χ2v) is 9.37. The van der Waals surface area contributed by atoms with Gasteiger partial charge in [0.1, 0.15) is 6.26 Å². The van der Waals surface area contributed by atoms with Gasteiger partial charge in [-0.05, 0) is 24.9 Å². The Morgan fingerprint density at radius 2 is 1.89 bits per heavy atom. The summed E-state index contributed by atoms with van der Waals surface area (Å²) in [4.78, 5) is 16.6. The van der Waals surface area contributed by atoms with Gasteiger partial charge in [-0.3, -0.25) is 9.69 Å². The van der Waals surface area contributed by atoms with Crippen LogP contribution < -0.4 is 0 Å². The van der Waals surface area contributed by atoms with E-state index in [9.17, 15) is 13.2 Å². The average molecular weight is 389 g/mol. The molecule has 0 radical (unpaired) electrons. The Morgan fingerprint density at radius 1 is 1.11 bits per heavy atom. The summed E-state index contributed by atoms with van der Waals surface area (Å²) in [5.41, 5.74) is 1.52. The summed E-state index contributed by atoms with van der Waals surface area (Å²) in [5.74, 6) is -0.109. The number of aromatic nitrogens is 1. The largest absolute Gasteiger partial charge is 0.364 e. The molecular weight excluding hydrogens is 366 g/mol. The van der Waals surface area contributed by atoms with Gasteiger partial charge in [0.2, 0.25) is 0 Å². The normalized spacial score (nSPS) is 24.7. The summed E-state index contributed by atoms with van der Waals surface area (Å²) in [6, 6.07) is 11.3. The highest BCUT2D eigenvalue weighted by molar-refractivity contribution is 7.91. The summed E-state index contributed by atoms with van der Waals surface area (Å²) in [5, 5.41) is 3.71. The summed E-state index contributed by atoms with van der Waals surface area (Å²) in [6.45, 7) is 2.01. The van der Waals surface area contributed by atoms with Crippen molar-refractivity contribution in [3.05, 3.63) is 53.9 Å². The van der Waals surface area contributed by atoms with E-state index >= 15 is 0 Å². The van der Waals surface area contributed by atoms with Gasteiger partial charge in [-0.15, -0.1) is 0 Å². The molecule has 2 aromatic rings. The van der Waals surface area contributed by atoms with E-state index in [1.807, 2.05) is 18.2 Å². The maximum absolute atomic E-state index is 12.7. The van der Waals surface area contributed by atoms with Crippen LogP contribution in [0.4, 0.5) is 0 Å². The molecule has 2 saturated heterocycles. The van der Waals surface area contributed by atoms with Gasteiger partial charge in [-0.2, -0.15) is 0 Å². The third kappa shape index (κ3) is 3.91. The second-order valence-electron chi connectivity index (χ2n) is 7.22. The van der Waals surface area contributed by atoms with E-state index in [-0.39, 0.29) is 35.2 Å². The van der Waals surface area contributed by atoms with E-state index in [1.54, 1.807) is 4.90 Å². The molecule has 4 rings (SSSR count). The fourth-order valence-corrected chi connectivity index (χ4v) is 6.17. The van der Waals surface area contributed by atoms with Crippen molar-refractivity contribution in [1.82, 2.24) is 15.0 Å². The number of rotatable bonds is 5. The summed E-state index contributed by atoms with van der Waals surface area (Å²) in [7, 11) is -3.15. The van der Waals surface area contributed by atoms with Gasteiger partial charge >= 0.3 is 0 Å². The molecule has 0 aliphatic carbocycles. The molecule has 7 nitrogen and oxygen atoms in total. The standard InChI is InChI=1S/C19H23N3O4S/c23-19(16-8-12-26-20-16)22-11-10-21(17-13-27(24,25)14-18(17)22)9-4-7-15-5-2-1-3-6-15/h1-3,5-6,8,12,17-18H,4,7,9-11,13-14H2/t17-,18+/m1/s1. The Bertz CT molecular complexity index is 883. The molecule has 1 amide bonds. The van der Waals surface area contributed by atoms with Crippen molar-refractivity contribution >= 4 is 15.7 Å². The Kier molecular flexibility index (Phi) is 5.01. The van der Waals surface area contributed by atoms with Gasteiger partial charge in [-0.1, -0.05) is 35.5 Å². The van der Waals surface area contributed by atoms with Gasteiger partial charge in [-0.25, -0.2) is 8.42 Å². The Balaban J connectivity index is 1.44. The van der Waals surface area contributed by atoms with E-state index in [2.05, 4.69) is 22.2 Å². The van der Waals surface area contributed by atoms with Crippen LogP contribution in [0.2, 0.25) is 0 Å². The Hall–Kier alpha value is -2.19. The zero-order valence-electron chi connectivity index (χ0n) is 15.0. The van der Waals surface area contributed by atoms with Crippen LogP contribution in [0.25, 0.3) is 0 Å². The molecule has 2 fully saturated rings. The van der Waals surface area contributed by atoms with Crippen molar-refractivity contribution in [1.29, 1.82) is 0 Å². The fourth-order valence-electron chi connectivity index (χ4n) is 4.16. The van der Waals surface area contributed by atoms with Crippen LogP contribution in [0.5, 0.6) is 0 Å². The average Bonchev–Trinajstić information content (AvgIpc) is 3.29. The van der Waals surface area contributed by atoms with Gasteiger partial charge in [0.15, 0.2) is 15.5 Å². The van der Waals surface area contributed by atoms with Crippen molar-refractivity contribution in [2.24, 2.45) is 0 Å². The van der Waals surface area contributed by atoms with Gasteiger partial charge in [0, 0.05) is 25.2 Å². The molecule has 2 atom stereocenters. The number of fused-ring (bicyclic) bond motifs is 1. The molecular formula is C19H23N3O4S. The number of carbonyl (C=O) groups is 1. The molecule has 0 unspecified atom stereocenters. The lowest BCUT2D eigenvalue weighted by atomic mass is 10.0. The lowest BCUT2D eigenvalue weighted by molar-refractivity contribution is 0.0321. The van der Waals surface area contributed by atoms with Crippen LogP contribution in [-0.4, -0.2) is 72.5 Å². The van der Waals surface area contributed by atoms with Crippen LogP contribution in [0.3, 0.4) is 0 Å². The van der Waals surface area contributed by atoms with E-state index in [1.165, 1.54) is 17.9 Å². The SMILES string of the molecule is O=C(c1ccon1)N1CCN(CCCc2ccccc2)[C@@H]2CS(=O)(=O)C[C@@H]21. The first-order chi connectivity index (χ1) is 13.0. The quantitative estimate of drug-likeness (QED) is 0.765. The number of piperazine rings is 1. The number of benzene rings is 1. The molecule has 8 heteroatoms. The maximum atomic E-state index is 12.7. The molecule has 3 heterocycles. The maximum Gasteiger partial charge on any atom is 0.276 e. The van der Waals surface area contributed by atoms with E-state index in [0.29, 0.717) is 13.1 Å². The van der Waals surface area contributed by atoms with Crippen molar-refractivity contribution in [3.63, 3.8) is 0 Å². The van der Waals surface area contributed by atoms with E-state index < -0.39 is 9.84 Å². The van der Waals surface area contributed by atoms with Crippen LogP contribution in [0.1, 0.15) is 22.5 Å². The summed E-state index contributed by atoms with van der Waals surface area (Å²) < 4.78 is 29.4. The predicted molar refractivity (Wildman–Crippen MR) is 100 cm³/mol. The number of carbonyl (C=O) groups excluding carboxylic acids is 1. The molecule has 0 saturated carbocycles. The Morgan fingerprint density at radius 3 is 2.63 bits per heavy atom. The number of sulfone groups is 1. The van der Waals surface area contributed by atoms with Crippen LogP contribution in [0.15, 0.2) is 47.2 Å². The molecule has 2 aliphatic rings. The van der Waals surface area contributed by atoms with Crippen molar-refractivity contribution < 1.29 is 17.7 Å². The Labute approximate surface area is 158 Å². The molecule has 27 heavy (non-hydrogen) atoms. The lowest BCUT2D eigenvalue weighted by Crippen LogP contribution is -2.60. The first-order valence-electron chi connectivity index (χ1n) is 9.23. The number of amides is 1. The highest BCUT2D eigenvalue weighted by Gasteiger charge is 2.48. The molecule has 0 N–H and O–H groups in total. The van der Waals surface area contributed by atoms with Crippen molar-refractivity contribution in [2.45, 2.75) is 24.9 Å². The van der Waals surface area contributed by atoms with Gasteiger partial charge < -0.3 is 9.42 Å². The highest BCUT2D eigenvalue weighted by Crippen LogP contribution is 2.28. The van der Waals surface area contributed by atoms with Crippen molar-refractivity contribution in [3.8, 4) is 0 Å². The summed E-state index contributed by atoms with van der Waals surface area (Å²) in [6.07, 6.45) is 3.28. The zero-order valence-corrected chi connectivity index (χ0v) is 15.8. The van der Waals surface area contributed by atoms with Crippen LogP contribution in [-0.2, 0) is 16.3 Å². The number of hydrogen-bond donors (Lipinski definition) is 0. The molecule has 0 spiro atoms. The summed E-state index contributed by atoms with van der Waals surface area (Å²) >= 11 is 0. The van der Waals surface area contributed by atoms with E-state index in [4.69, 9.17) is 4.52 Å². The third-order valence-corrected chi connectivity index (χ3v) is 7.16. The predicted octanol–water partition coefficient (Wildman–Crippen LogP) is 1.23. The first-order valence-corrected chi connectivity index (χ1v) is 11.1. The first kappa shape index (κ1) is 18.2. The van der Waals surface area contributed by atoms with Gasteiger partial charge in [0.25, 0.3) is 5.91 Å². The molecule has 1 aromatic heterocycles. The number of aryl methyl sites for hydroxylation is 1. The van der Waals surface area contributed by atoms with E-state index in [0.717, 1.165) is 19.4 Å². The minimum absolute atomic E-state index is 0.0242. The topological polar surface area (TPSA) is 83.7 Å². The second kappa shape index (κ2) is 7.44. The number of nitrogens with zero attached hydrogens (tertiary/aromatic N) is 3. The zero-order chi connectivity index (χ0) is 18.9. The van der Waals surface area contributed by atoms with Crippen molar-refractivity contribution in [2.75, 3.05) is 31.1 Å². The number of hydrogen-bond acceptors (Lipinski definition) is 6. The van der Waals surface area contributed by atoms with Crippen LogP contribution >= 0.6 is 0 Å². The minimum Gasteiger partial charge on any atom is -0.364 e. The van der Waals surface area contributed by atoms with Crippen LogP contribution in [0, 0.1) is 0 Å². The monoisotopic (exact) mass is 389 g/mol. The third-order valence-electron chi connectivity index (χ3n) is 5.46. The van der Waals surface area contributed by atoms with Gasteiger partial charge in [0.05, 0.1) is 17.5 Å². The minimum atomic E-state index is -3.15. The fraction of sp³-hybridized carbons (Fsp3) is 0.474. The lowest BCUT2D eigenvalue weighted by Gasteiger charge is -2.43. The highest BCUT2D eigenvalue weighted by atomic mass is 32.2. The smallest absolute Gasteiger partial charge is 0.276 e. The molecule has 1 aromatic carbocycles.